The first-order valence-corrected chi connectivity index (χ1v) is 6.20. The van der Waals surface area contributed by atoms with Gasteiger partial charge in [0.25, 0.3) is 0 Å². The summed E-state index contributed by atoms with van der Waals surface area (Å²) in [6.07, 6.45) is 4.67. The van der Waals surface area contributed by atoms with Crippen LogP contribution in [0, 0.1) is 0 Å². The van der Waals surface area contributed by atoms with Crippen LogP contribution in [0.1, 0.15) is 19.8 Å². The summed E-state index contributed by atoms with van der Waals surface area (Å²) in [6, 6.07) is 3.63. The van der Waals surface area contributed by atoms with Crippen molar-refractivity contribution >= 4 is 23.0 Å². The van der Waals surface area contributed by atoms with Gasteiger partial charge in [0, 0.05) is 18.9 Å². The van der Waals surface area contributed by atoms with E-state index in [0.717, 1.165) is 6.42 Å². The van der Waals surface area contributed by atoms with Crippen LogP contribution in [0.2, 0.25) is 0 Å². The van der Waals surface area contributed by atoms with Crippen LogP contribution in [-0.4, -0.2) is 38.1 Å². The number of pyridine rings is 1. The third-order valence-corrected chi connectivity index (χ3v) is 3.70. The van der Waals surface area contributed by atoms with Gasteiger partial charge in [0.15, 0.2) is 5.65 Å². The monoisotopic (exact) mass is 258 g/mol. The quantitative estimate of drug-likeness (QED) is 0.878. The first kappa shape index (κ1) is 11.8. The molecule has 0 radical (unpaired) electrons. The standard InChI is InChI=1S/C13H14N4O2/c1-13(12(18)19)5-2-8-17(13)10-4-3-9-11(16-10)15-7-6-14-9/h3-4,6-7H,2,5,8H2,1H3,(H,18,19). The average molecular weight is 258 g/mol. The Hall–Kier alpha value is -2.24. The maximum atomic E-state index is 11.5. The third-order valence-electron chi connectivity index (χ3n) is 3.70. The number of anilines is 1. The van der Waals surface area contributed by atoms with Gasteiger partial charge < -0.3 is 10.0 Å². The second kappa shape index (κ2) is 4.15. The van der Waals surface area contributed by atoms with Gasteiger partial charge in [-0.05, 0) is 31.9 Å². The van der Waals surface area contributed by atoms with Crippen molar-refractivity contribution in [3.05, 3.63) is 24.5 Å². The number of aromatic nitrogens is 3. The van der Waals surface area contributed by atoms with E-state index in [1.807, 2.05) is 17.0 Å². The van der Waals surface area contributed by atoms with Crippen LogP contribution in [0.15, 0.2) is 24.5 Å². The fourth-order valence-electron chi connectivity index (χ4n) is 2.55. The lowest BCUT2D eigenvalue weighted by molar-refractivity contribution is -0.142. The van der Waals surface area contributed by atoms with Gasteiger partial charge in [0.1, 0.15) is 16.9 Å². The summed E-state index contributed by atoms with van der Waals surface area (Å²) in [5.74, 6) is -0.165. The van der Waals surface area contributed by atoms with Gasteiger partial charge >= 0.3 is 5.97 Å². The summed E-state index contributed by atoms with van der Waals surface area (Å²) in [4.78, 5) is 26.1. The SMILES string of the molecule is CC1(C(=O)O)CCCN1c1ccc2nccnc2n1. The molecule has 1 aliphatic rings. The molecule has 6 heteroatoms. The van der Waals surface area contributed by atoms with E-state index in [1.165, 1.54) is 0 Å². The van der Waals surface area contributed by atoms with Gasteiger partial charge in [-0.3, -0.25) is 4.98 Å². The Morgan fingerprint density at radius 1 is 1.37 bits per heavy atom. The van der Waals surface area contributed by atoms with Crippen molar-refractivity contribution in [2.24, 2.45) is 0 Å². The minimum Gasteiger partial charge on any atom is -0.480 e. The fourth-order valence-corrected chi connectivity index (χ4v) is 2.55. The van der Waals surface area contributed by atoms with Crippen molar-refractivity contribution in [3.8, 4) is 0 Å². The highest BCUT2D eigenvalue weighted by atomic mass is 16.4. The number of fused-ring (bicyclic) bond motifs is 1. The lowest BCUT2D eigenvalue weighted by atomic mass is 9.99. The number of rotatable bonds is 2. The van der Waals surface area contributed by atoms with Crippen LogP contribution >= 0.6 is 0 Å². The second-order valence-corrected chi connectivity index (χ2v) is 4.90. The number of carboxylic acids is 1. The first-order valence-electron chi connectivity index (χ1n) is 6.20. The molecule has 3 rings (SSSR count). The maximum Gasteiger partial charge on any atom is 0.329 e. The van der Waals surface area contributed by atoms with Crippen LogP contribution in [0.5, 0.6) is 0 Å². The van der Waals surface area contributed by atoms with Crippen molar-refractivity contribution in [2.45, 2.75) is 25.3 Å². The highest BCUT2D eigenvalue weighted by Gasteiger charge is 2.44. The molecule has 1 saturated heterocycles. The van der Waals surface area contributed by atoms with Crippen molar-refractivity contribution in [3.63, 3.8) is 0 Å². The number of hydrogen-bond acceptors (Lipinski definition) is 5. The van der Waals surface area contributed by atoms with E-state index in [0.29, 0.717) is 29.9 Å². The number of aliphatic carboxylic acids is 1. The number of carbonyl (C=O) groups is 1. The molecule has 0 spiro atoms. The van der Waals surface area contributed by atoms with Crippen LogP contribution in [0.4, 0.5) is 5.82 Å². The van der Waals surface area contributed by atoms with Gasteiger partial charge in [0.2, 0.25) is 0 Å². The molecule has 0 aliphatic carbocycles. The topological polar surface area (TPSA) is 79.2 Å². The Labute approximate surface area is 110 Å². The smallest absolute Gasteiger partial charge is 0.329 e. The molecule has 0 saturated carbocycles. The molecule has 0 bridgehead atoms. The summed E-state index contributed by atoms with van der Waals surface area (Å²) in [5.41, 5.74) is 0.366. The van der Waals surface area contributed by atoms with Gasteiger partial charge in [-0.1, -0.05) is 0 Å². The normalized spacial score (nSPS) is 22.9. The Morgan fingerprint density at radius 3 is 2.95 bits per heavy atom. The maximum absolute atomic E-state index is 11.5. The molecular weight excluding hydrogens is 244 g/mol. The van der Waals surface area contributed by atoms with E-state index in [9.17, 15) is 9.90 Å². The van der Waals surface area contributed by atoms with Gasteiger partial charge in [0.05, 0.1) is 0 Å². The Bertz CT molecular complexity index is 645. The molecule has 0 amide bonds. The molecule has 98 valence electrons. The van der Waals surface area contributed by atoms with Crippen molar-refractivity contribution < 1.29 is 9.90 Å². The summed E-state index contributed by atoms with van der Waals surface area (Å²) in [6.45, 7) is 2.44. The van der Waals surface area contributed by atoms with E-state index in [-0.39, 0.29) is 0 Å². The Kier molecular flexibility index (Phi) is 2.58. The number of carboxylic acid groups (broad SMARTS) is 1. The summed E-state index contributed by atoms with van der Waals surface area (Å²) >= 11 is 0. The lowest BCUT2D eigenvalue weighted by Gasteiger charge is -2.32. The predicted molar refractivity (Wildman–Crippen MR) is 70.0 cm³/mol. The molecule has 6 nitrogen and oxygen atoms in total. The van der Waals surface area contributed by atoms with E-state index in [1.54, 1.807) is 19.3 Å². The zero-order valence-corrected chi connectivity index (χ0v) is 10.6. The van der Waals surface area contributed by atoms with Crippen LogP contribution in [-0.2, 0) is 4.79 Å². The summed E-state index contributed by atoms with van der Waals surface area (Å²) < 4.78 is 0. The van der Waals surface area contributed by atoms with Crippen LogP contribution in [0.3, 0.4) is 0 Å². The second-order valence-electron chi connectivity index (χ2n) is 4.90. The van der Waals surface area contributed by atoms with Crippen molar-refractivity contribution in [1.82, 2.24) is 15.0 Å². The molecule has 1 atom stereocenters. The lowest BCUT2D eigenvalue weighted by Crippen LogP contribution is -2.48. The van der Waals surface area contributed by atoms with E-state index in [2.05, 4.69) is 15.0 Å². The molecule has 1 aliphatic heterocycles. The predicted octanol–water partition coefficient (Wildman–Crippen LogP) is 1.47. The molecular formula is C13H14N4O2. The largest absolute Gasteiger partial charge is 0.480 e. The zero-order chi connectivity index (χ0) is 13.5. The third kappa shape index (κ3) is 1.80. The van der Waals surface area contributed by atoms with Crippen molar-refractivity contribution in [2.75, 3.05) is 11.4 Å². The molecule has 19 heavy (non-hydrogen) atoms. The van der Waals surface area contributed by atoms with E-state index < -0.39 is 11.5 Å². The van der Waals surface area contributed by atoms with Gasteiger partial charge in [-0.15, -0.1) is 0 Å². The fraction of sp³-hybridized carbons (Fsp3) is 0.385. The molecule has 2 aromatic heterocycles. The molecule has 1 fully saturated rings. The van der Waals surface area contributed by atoms with E-state index >= 15 is 0 Å². The Balaban J connectivity index is 2.06. The van der Waals surface area contributed by atoms with Crippen LogP contribution < -0.4 is 4.90 Å². The Morgan fingerprint density at radius 2 is 2.16 bits per heavy atom. The molecule has 1 N–H and O–H groups in total. The molecule has 3 heterocycles. The highest BCUT2D eigenvalue weighted by molar-refractivity contribution is 5.84. The summed E-state index contributed by atoms with van der Waals surface area (Å²) in [5, 5.41) is 9.42. The number of hydrogen-bond donors (Lipinski definition) is 1. The van der Waals surface area contributed by atoms with Crippen LogP contribution in [0.25, 0.3) is 11.2 Å². The summed E-state index contributed by atoms with van der Waals surface area (Å²) in [7, 11) is 0. The first-order chi connectivity index (χ1) is 9.11. The van der Waals surface area contributed by atoms with E-state index in [4.69, 9.17) is 0 Å². The highest BCUT2D eigenvalue weighted by Crippen LogP contribution is 2.33. The van der Waals surface area contributed by atoms with Gasteiger partial charge in [-0.25, -0.2) is 14.8 Å². The van der Waals surface area contributed by atoms with Crippen molar-refractivity contribution in [1.29, 1.82) is 0 Å². The minimum atomic E-state index is -0.886. The van der Waals surface area contributed by atoms with Gasteiger partial charge in [-0.2, -0.15) is 0 Å². The molecule has 1 unspecified atom stereocenters. The average Bonchev–Trinajstić information content (AvgIpc) is 2.82. The molecule has 2 aromatic rings. The molecule has 0 aromatic carbocycles. The minimum absolute atomic E-state index is 0.541. The number of nitrogens with zero attached hydrogens (tertiary/aromatic N) is 4. The zero-order valence-electron chi connectivity index (χ0n) is 10.6.